The SMILES string of the molecule is CC1(C)OCC2(CO1)Cc1cc([NH+]=O)c(N3CCOCC3)cc1O2. The van der Waals surface area contributed by atoms with Gasteiger partial charge in [-0.2, -0.15) is 0 Å². The normalized spacial score (nSPS) is 24.5. The first kappa shape index (κ1) is 15.8. The fraction of sp³-hybridized carbons (Fsp3) is 0.647. The number of benzene rings is 1. The van der Waals surface area contributed by atoms with E-state index in [0.29, 0.717) is 38.5 Å². The smallest absolute Gasteiger partial charge is 0.277 e. The highest BCUT2D eigenvalue weighted by Gasteiger charge is 2.47. The van der Waals surface area contributed by atoms with Gasteiger partial charge in [0.1, 0.15) is 11.4 Å². The van der Waals surface area contributed by atoms with Gasteiger partial charge in [-0.25, -0.2) is 0 Å². The van der Waals surface area contributed by atoms with E-state index >= 15 is 0 Å². The van der Waals surface area contributed by atoms with Crippen LogP contribution in [0.4, 0.5) is 11.4 Å². The third kappa shape index (κ3) is 2.76. The molecule has 0 bridgehead atoms. The first-order chi connectivity index (χ1) is 11.5. The molecule has 130 valence electrons. The molecule has 0 aromatic heterocycles. The van der Waals surface area contributed by atoms with Crippen molar-refractivity contribution in [2.45, 2.75) is 31.7 Å². The van der Waals surface area contributed by atoms with Crippen molar-refractivity contribution in [2.24, 2.45) is 0 Å². The van der Waals surface area contributed by atoms with Crippen LogP contribution in [0.25, 0.3) is 0 Å². The zero-order valence-corrected chi connectivity index (χ0v) is 14.1. The third-order valence-corrected chi connectivity index (χ3v) is 4.85. The summed E-state index contributed by atoms with van der Waals surface area (Å²) in [6, 6.07) is 3.84. The van der Waals surface area contributed by atoms with E-state index in [2.05, 4.69) is 10.1 Å². The van der Waals surface area contributed by atoms with E-state index in [-0.39, 0.29) is 0 Å². The molecular formula is C17H23N2O5+. The average Bonchev–Trinajstić information content (AvgIpc) is 2.95. The summed E-state index contributed by atoms with van der Waals surface area (Å²) in [6.07, 6.45) is 0.677. The van der Waals surface area contributed by atoms with Gasteiger partial charge in [-0.3, -0.25) is 0 Å². The lowest BCUT2D eigenvalue weighted by Crippen LogP contribution is -2.57. The Balaban J connectivity index is 1.61. The van der Waals surface area contributed by atoms with E-state index in [4.69, 9.17) is 18.9 Å². The van der Waals surface area contributed by atoms with Crippen LogP contribution in [0, 0.1) is 4.91 Å². The second kappa shape index (κ2) is 5.68. The van der Waals surface area contributed by atoms with E-state index in [1.807, 2.05) is 26.0 Å². The molecule has 1 aromatic rings. The van der Waals surface area contributed by atoms with Gasteiger partial charge in [0.2, 0.25) is 0 Å². The molecule has 0 radical (unpaired) electrons. The first-order valence-electron chi connectivity index (χ1n) is 8.35. The number of anilines is 1. The van der Waals surface area contributed by atoms with E-state index in [0.717, 1.165) is 30.1 Å². The van der Waals surface area contributed by atoms with Gasteiger partial charge in [-0.05, 0) is 13.8 Å². The van der Waals surface area contributed by atoms with Crippen LogP contribution in [0.1, 0.15) is 19.4 Å². The van der Waals surface area contributed by atoms with Crippen LogP contribution in [-0.2, 0) is 20.6 Å². The minimum atomic E-state index is -0.579. The number of rotatable bonds is 2. The summed E-state index contributed by atoms with van der Waals surface area (Å²) in [6.45, 7) is 7.60. The zero-order chi connectivity index (χ0) is 16.8. The topological polar surface area (TPSA) is 71.2 Å². The minimum Gasteiger partial charge on any atom is -0.482 e. The summed E-state index contributed by atoms with van der Waals surface area (Å²) in [5, 5.41) is 2.08. The Morgan fingerprint density at radius 3 is 2.50 bits per heavy atom. The quantitative estimate of drug-likeness (QED) is 0.847. The number of morpholine rings is 1. The highest BCUT2D eigenvalue weighted by Crippen LogP contribution is 2.42. The van der Waals surface area contributed by atoms with Gasteiger partial charge in [0, 0.05) is 47.3 Å². The molecule has 4 rings (SSSR count). The molecule has 2 fully saturated rings. The number of fused-ring (bicyclic) bond motifs is 1. The van der Waals surface area contributed by atoms with E-state index < -0.39 is 11.4 Å². The first-order valence-corrected chi connectivity index (χ1v) is 8.35. The van der Waals surface area contributed by atoms with Crippen LogP contribution in [0.15, 0.2) is 12.1 Å². The van der Waals surface area contributed by atoms with Gasteiger partial charge in [0.05, 0.1) is 26.4 Å². The Labute approximate surface area is 140 Å². The molecular weight excluding hydrogens is 312 g/mol. The highest BCUT2D eigenvalue weighted by molar-refractivity contribution is 5.68. The van der Waals surface area contributed by atoms with Gasteiger partial charge >= 0.3 is 0 Å². The monoisotopic (exact) mass is 335 g/mol. The number of nitrogens with one attached hydrogen (secondary N) is 1. The molecule has 0 amide bonds. The van der Waals surface area contributed by atoms with Crippen molar-refractivity contribution in [3.63, 3.8) is 0 Å². The molecule has 0 atom stereocenters. The Morgan fingerprint density at radius 2 is 1.83 bits per heavy atom. The van der Waals surface area contributed by atoms with Crippen molar-refractivity contribution in [3.05, 3.63) is 22.6 Å². The van der Waals surface area contributed by atoms with Crippen LogP contribution in [-0.4, -0.2) is 50.9 Å². The molecule has 0 unspecified atom stereocenters. The van der Waals surface area contributed by atoms with Crippen molar-refractivity contribution in [2.75, 3.05) is 44.4 Å². The van der Waals surface area contributed by atoms with Crippen LogP contribution in [0.3, 0.4) is 0 Å². The molecule has 24 heavy (non-hydrogen) atoms. The fourth-order valence-corrected chi connectivity index (χ4v) is 3.47. The molecule has 1 spiro atoms. The Morgan fingerprint density at radius 1 is 1.12 bits per heavy atom. The Kier molecular flexibility index (Phi) is 3.74. The van der Waals surface area contributed by atoms with Crippen molar-refractivity contribution in [1.29, 1.82) is 0 Å². The zero-order valence-electron chi connectivity index (χ0n) is 14.1. The molecule has 7 nitrogen and oxygen atoms in total. The van der Waals surface area contributed by atoms with Gasteiger partial charge in [0.15, 0.2) is 11.4 Å². The summed E-state index contributed by atoms with van der Waals surface area (Å²) in [5.74, 6) is 0.228. The number of hydrogen-bond acceptors (Lipinski definition) is 6. The maximum atomic E-state index is 11.4. The molecule has 3 aliphatic heterocycles. The maximum absolute atomic E-state index is 11.4. The molecule has 3 heterocycles. The lowest BCUT2D eigenvalue weighted by Gasteiger charge is -2.40. The predicted octanol–water partition coefficient (Wildman–Crippen LogP) is 0.458. The van der Waals surface area contributed by atoms with E-state index in [1.165, 1.54) is 0 Å². The van der Waals surface area contributed by atoms with Crippen LogP contribution in [0.5, 0.6) is 5.75 Å². The molecule has 0 aliphatic carbocycles. The van der Waals surface area contributed by atoms with Crippen molar-refractivity contribution < 1.29 is 24.1 Å². The van der Waals surface area contributed by atoms with Crippen molar-refractivity contribution >= 4 is 11.4 Å². The molecule has 1 N–H and O–H groups in total. The van der Waals surface area contributed by atoms with Crippen LogP contribution in [0.2, 0.25) is 0 Å². The standard InChI is InChI=1S/C17H22N2O5/c1-16(2)22-10-17(11-23-16)9-12-7-13(18-20)14(8-15(12)24-17)19-3-5-21-6-4-19/h7-8H,3-6,9-11H2,1-2H3/p+1. The van der Waals surface area contributed by atoms with Gasteiger partial charge in [-0.1, -0.05) is 0 Å². The summed E-state index contributed by atoms with van der Waals surface area (Å²) < 4.78 is 23.2. The summed E-state index contributed by atoms with van der Waals surface area (Å²) >= 11 is 0. The largest absolute Gasteiger partial charge is 0.482 e. The molecule has 0 saturated carbocycles. The summed E-state index contributed by atoms with van der Waals surface area (Å²) in [4.78, 5) is 13.6. The molecule has 2 saturated heterocycles. The Hall–Kier alpha value is -1.70. The average molecular weight is 335 g/mol. The number of nitroso groups, excluding NO2 is 1. The Bertz CT molecular complexity index is 645. The van der Waals surface area contributed by atoms with Crippen molar-refractivity contribution in [3.8, 4) is 5.75 Å². The number of ether oxygens (including phenoxy) is 4. The summed E-state index contributed by atoms with van der Waals surface area (Å²) in [7, 11) is 0. The number of hydrogen-bond donors (Lipinski definition) is 1. The van der Waals surface area contributed by atoms with Gasteiger partial charge < -0.3 is 23.8 Å². The van der Waals surface area contributed by atoms with Crippen LogP contribution < -0.4 is 14.8 Å². The predicted molar refractivity (Wildman–Crippen MR) is 86.5 cm³/mol. The summed E-state index contributed by atoms with van der Waals surface area (Å²) in [5.41, 5.74) is 1.95. The fourth-order valence-electron chi connectivity index (χ4n) is 3.47. The van der Waals surface area contributed by atoms with Crippen molar-refractivity contribution in [1.82, 2.24) is 0 Å². The second-order valence-electron chi connectivity index (χ2n) is 7.12. The van der Waals surface area contributed by atoms with Gasteiger partial charge in [0.25, 0.3) is 5.69 Å². The second-order valence-corrected chi connectivity index (χ2v) is 7.12. The van der Waals surface area contributed by atoms with E-state index in [9.17, 15) is 4.91 Å². The van der Waals surface area contributed by atoms with E-state index in [1.54, 1.807) is 0 Å². The van der Waals surface area contributed by atoms with Gasteiger partial charge in [-0.15, -0.1) is 0 Å². The molecule has 1 aromatic carbocycles. The molecule has 3 aliphatic rings. The maximum Gasteiger partial charge on any atom is 0.277 e. The highest BCUT2D eigenvalue weighted by atomic mass is 16.7. The number of nitrogens with zero attached hydrogens (tertiary/aromatic N) is 1. The lowest BCUT2D eigenvalue weighted by molar-refractivity contribution is -0.378. The minimum absolute atomic E-state index is 0.474. The third-order valence-electron chi connectivity index (χ3n) is 4.85. The lowest BCUT2D eigenvalue weighted by atomic mass is 9.97. The van der Waals surface area contributed by atoms with Crippen LogP contribution >= 0.6 is 0 Å². The molecule has 7 heteroatoms.